The minimum absolute atomic E-state index is 0.0757. The summed E-state index contributed by atoms with van der Waals surface area (Å²) in [7, 11) is -3.68. The van der Waals surface area contributed by atoms with Crippen LogP contribution in [0.5, 0.6) is 11.5 Å². The van der Waals surface area contributed by atoms with Gasteiger partial charge in [-0.05, 0) is 49.9 Å². The Balaban J connectivity index is 1.71. The highest BCUT2D eigenvalue weighted by Gasteiger charge is 2.54. The summed E-state index contributed by atoms with van der Waals surface area (Å²) in [6.07, 6.45) is 0.357. The highest BCUT2D eigenvalue weighted by Crippen LogP contribution is 2.66. The number of phenolic OH excluding ortho intramolecular Hbond substituents is 1. The topological polar surface area (TPSA) is 173 Å². The van der Waals surface area contributed by atoms with Crippen molar-refractivity contribution in [2.45, 2.75) is 50.9 Å². The van der Waals surface area contributed by atoms with E-state index >= 15 is 8.78 Å². The van der Waals surface area contributed by atoms with E-state index < -0.39 is 48.6 Å². The van der Waals surface area contributed by atoms with Gasteiger partial charge in [-0.15, -0.1) is 0 Å². The number of methoxy groups -OCH3 is 1. The number of benzene rings is 3. The number of hydrogen-bond donors (Lipinski definition) is 3. The number of aromatic hydroxyl groups is 1. The summed E-state index contributed by atoms with van der Waals surface area (Å²) in [5.74, 6) is -2.84. The summed E-state index contributed by atoms with van der Waals surface area (Å²) in [5, 5.41) is 12.6. The fourth-order valence-corrected chi connectivity index (χ4v) is 6.20. The first-order valence-electron chi connectivity index (χ1n) is 15.5. The molecule has 0 saturated heterocycles. The van der Waals surface area contributed by atoms with Crippen LogP contribution in [0.1, 0.15) is 53.7 Å². The monoisotopic (exact) mass is 706 g/mol. The lowest BCUT2D eigenvalue weighted by atomic mass is 9.90. The van der Waals surface area contributed by atoms with Gasteiger partial charge in [-0.1, -0.05) is 60.7 Å². The van der Waals surface area contributed by atoms with Gasteiger partial charge < -0.3 is 39.4 Å². The van der Waals surface area contributed by atoms with Gasteiger partial charge in [0.05, 0.1) is 26.9 Å². The molecule has 49 heavy (non-hydrogen) atoms. The molecule has 0 aliphatic carbocycles. The van der Waals surface area contributed by atoms with E-state index in [2.05, 4.69) is 10.1 Å². The summed E-state index contributed by atoms with van der Waals surface area (Å²) in [6.45, 7) is 2.34. The Bertz CT molecular complexity index is 1600. The Labute approximate surface area is 283 Å². The zero-order valence-electron chi connectivity index (χ0n) is 27.5. The van der Waals surface area contributed by atoms with E-state index in [9.17, 15) is 24.1 Å². The zero-order valence-corrected chi connectivity index (χ0v) is 28.4. The van der Waals surface area contributed by atoms with Crippen LogP contribution in [0.4, 0.5) is 8.78 Å². The summed E-state index contributed by atoms with van der Waals surface area (Å²) >= 11 is 0. The molecule has 1 amide bonds. The van der Waals surface area contributed by atoms with Gasteiger partial charge in [0.15, 0.2) is 5.54 Å². The van der Waals surface area contributed by atoms with Crippen LogP contribution in [0.25, 0.3) is 0 Å². The highest BCUT2D eigenvalue weighted by molar-refractivity contribution is 7.54. The second kappa shape index (κ2) is 17.9. The SMILES string of the molecule is CCOP(=O)(OCC)C(F)(F)c1ccc(C[C@](N)(C(=O)NCCCCOc2cccc(O)c2C(=O)OC)C(=O)OCc2ccccc2)cc1. The molecule has 4 N–H and O–H groups in total. The number of carbonyl (C=O) groups excluding carboxylic acids is 3. The molecule has 266 valence electrons. The maximum absolute atomic E-state index is 15.3. The van der Waals surface area contributed by atoms with Crippen LogP contribution in [0, 0.1) is 0 Å². The number of esters is 2. The number of rotatable bonds is 19. The molecule has 0 radical (unpaired) electrons. The Kier molecular flexibility index (Phi) is 14.3. The number of hydrogen-bond acceptors (Lipinski definition) is 11. The van der Waals surface area contributed by atoms with Crippen molar-refractivity contribution in [2.24, 2.45) is 5.73 Å². The molecule has 0 aliphatic rings. The molecule has 0 spiro atoms. The number of nitrogens with two attached hydrogens (primary N) is 1. The maximum atomic E-state index is 15.3. The first kappa shape index (κ1) is 39.1. The van der Waals surface area contributed by atoms with Gasteiger partial charge >= 0.3 is 25.2 Å². The van der Waals surface area contributed by atoms with Crippen LogP contribution in [-0.2, 0) is 51.4 Å². The third-order valence-electron chi connectivity index (χ3n) is 7.22. The Morgan fingerprint density at radius 3 is 2.16 bits per heavy atom. The third-order valence-corrected chi connectivity index (χ3v) is 9.36. The van der Waals surface area contributed by atoms with Crippen LogP contribution in [0.3, 0.4) is 0 Å². The smallest absolute Gasteiger partial charge is 0.404 e. The van der Waals surface area contributed by atoms with Gasteiger partial charge in [-0.3, -0.25) is 9.36 Å². The molecule has 0 aliphatic heterocycles. The molecule has 0 fully saturated rings. The van der Waals surface area contributed by atoms with Gasteiger partial charge in [-0.25, -0.2) is 9.59 Å². The van der Waals surface area contributed by atoms with Crippen molar-refractivity contribution >= 4 is 25.4 Å². The fraction of sp³-hybridized carbons (Fsp3) is 0.382. The van der Waals surface area contributed by atoms with Crippen LogP contribution in [-0.4, -0.2) is 62.0 Å². The molecule has 0 heterocycles. The minimum atomic E-state index is -4.86. The van der Waals surface area contributed by atoms with Crippen molar-refractivity contribution in [3.63, 3.8) is 0 Å². The third kappa shape index (κ3) is 9.85. The molecule has 0 saturated carbocycles. The molecule has 3 aromatic carbocycles. The van der Waals surface area contributed by atoms with Gasteiger partial charge in [0.1, 0.15) is 23.7 Å². The van der Waals surface area contributed by atoms with E-state index in [4.69, 9.17) is 24.3 Å². The number of carbonyl (C=O) groups is 3. The van der Waals surface area contributed by atoms with Crippen molar-refractivity contribution in [1.82, 2.24) is 5.32 Å². The second-order valence-corrected chi connectivity index (χ2v) is 12.8. The standard InChI is InChI=1S/C34H41F2N2O10P/c1-4-47-49(43,48-5-2)34(35,36)26-18-16-24(17-19-26)22-33(37,32(42)46-23-25-12-7-6-8-13-25)31(41)38-20-9-10-21-45-28-15-11-14-27(39)29(28)30(40)44-3/h6-8,11-19,39H,4-5,9-10,20-23,37H2,1-3H3,(H,38,41)/t33-/m0/s1. The number of amides is 1. The molecule has 15 heteroatoms. The average molecular weight is 707 g/mol. The van der Waals surface area contributed by atoms with Gasteiger partial charge in [-0.2, -0.15) is 8.78 Å². The number of unbranched alkanes of at least 4 members (excludes halogenated alkanes) is 1. The number of halogens is 2. The zero-order chi connectivity index (χ0) is 36.1. The predicted octanol–water partition coefficient (Wildman–Crippen LogP) is 5.45. The van der Waals surface area contributed by atoms with Crippen molar-refractivity contribution < 1.29 is 56.1 Å². The summed E-state index contributed by atoms with van der Waals surface area (Å²) < 4.78 is 68.8. The lowest BCUT2D eigenvalue weighted by Crippen LogP contribution is -2.61. The molecule has 12 nitrogen and oxygen atoms in total. The van der Waals surface area contributed by atoms with Crippen molar-refractivity contribution in [1.29, 1.82) is 0 Å². The quantitative estimate of drug-likeness (QED) is 0.0626. The van der Waals surface area contributed by atoms with E-state index in [-0.39, 0.29) is 55.6 Å². The van der Waals surface area contributed by atoms with Crippen LogP contribution in [0.15, 0.2) is 72.8 Å². The van der Waals surface area contributed by atoms with Gasteiger partial charge in [0.2, 0.25) is 0 Å². The molecule has 3 aromatic rings. The van der Waals surface area contributed by atoms with E-state index in [1.165, 1.54) is 51.3 Å². The van der Waals surface area contributed by atoms with Gasteiger partial charge in [0.25, 0.3) is 5.91 Å². The molecule has 1 atom stereocenters. The Hall–Kier alpha value is -4.36. The molecule has 0 unspecified atom stereocenters. The molecule has 3 rings (SSSR count). The lowest BCUT2D eigenvalue weighted by Gasteiger charge is -2.27. The van der Waals surface area contributed by atoms with Crippen molar-refractivity contribution in [3.05, 3.63) is 95.1 Å². The molecular formula is C34H41F2N2O10P. The van der Waals surface area contributed by atoms with Crippen molar-refractivity contribution in [3.8, 4) is 11.5 Å². The van der Waals surface area contributed by atoms with Gasteiger partial charge in [0, 0.05) is 18.5 Å². The minimum Gasteiger partial charge on any atom is -0.507 e. The first-order chi connectivity index (χ1) is 23.3. The predicted molar refractivity (Wildman–Crippen MR) is 175 cm³/mol. The Morgan fingerprint density at radius 1 is 0.898 bits per heavy atom. The molecular weight excluding hydrogens is 665 g/mol. The van der Waals surface area contributed by atoms with Crippen LogP contribution < -0.4 is 15.8 Å². The highest BCUT2D eigenvalue weighted by atomic mass is 31.2. The van der Waals surface area contributed by atoms with Crippen molar-refractivity contribution in [2.75, 3.05) is 33.5 Å². The van der Waals surface area contributed by atoms with E-state index in [1.807, 2.05) is 0 Å². The lowest BCUT2D eigenvalue weighted by molar-refractivity contribution is -0.155. The maximum Gasteiger partial charge on any atom is 0.404 e. The van der Waals surface area contributed by atoms with E-state index in [1.54, 1.807) is 30.3 Å². The number of ether oxygens (including phenoxy) is 3. The van der Waals surface area contributed by atoms with Crippen LogP contribution in [0.2, 0.25) is 0 Å². The second-order valence-electron chi connectivity index (χ2n) is 10.7. The summed E-state index contributed by atoms with van der Waals surface area (Å²) in [6, 6.07) is 17.6. The number of nitrogens with one attached hydrogen (secondary N) is 1. The van der Waals surface area contributed by atoms with Crippen LogP contribution >= 0.6 is 7.60 Å². The van der Waals surface area contributed by atoms with E-state index in [0.29, 0.717) is 18.4 Å². The van der Waals surface area contributed by atoms with E-state index in [0.717, 1.165) is 12.1 Å². The summed E-state index contributed by atoms with van der Waals surface area (Å²) in [4.78, 5) is 38.8. The fourth-order valence-electron chi connectivity index (χ4n) is 4.66. The number of alkyl halides is 2. The normalized spacial score (nSPS) is 12.9. The number of phenols is 1. The summed E-state index contributed by atoms with van der Waals surface area (Å²) in [5.41, 5.74) is 0.340. The average Bonchev–Trinajstić information content (AvgIpc) is 3.09. The molecule has 0 bridgehead atoms. The largest absolute Gasteiger partial charge is 0.507 e. The molecule has 0 aromatic heterocycles. The Morgan fingerprint density at radius 2 is 1.55 bits per heavy atom. The first-order valence-corrected chi connectivity index (χ1v) is 17.0.